The van der Waals surface area contributed by atoms with Crippen LogP contribution in [0.3, 0.4) is 0 Å². The van der Waals surface area contributed by atoms with E-state index in [1.54, 1.807) is 24.1 Å². The van der Waals surface area contributed by atoms with Crippen LogP contribution in [0.15, 0.2) is 18.2 Å². The van der Waals surface area contributed by atoms with Gasteiger partial charge in [-0.2, -0.15) is 0 Å². The van der Waals surface area contributed by atoms with Gasteiger partial charge in [-0.1, -0.05) is 11.6 Å². The molecule has 0 heterocycles. The number of carbonyl (C=O) groups is 1. The lowest BCUT2D eigenvalue weighted by Crippen LogP contribution is -2.29. The van der Waals surface area contributed by atoms with E-state index in [1.165, 1.54) is 0 Å². The number of nitrogens with two attached hydrogens (primary N) is 1. The molecule has 4 nitrogen and oxygen atoms in total. The van der Waals surface area contributed by atoms with E-state index in [9.17, 15) is 4.79 Å². The number of likely N-dealkylation sites (N-methyl/N-ethyl adjacent to an activating group) is 1. The van der Waals surface area contributed by atoms with Crippen LogP contribution in [0.25, 0.3) is 0 Å². The molecule has 1 rings (SSSR count). The molecule has 0 fully saturated rings. The molecule has 0 aliphatic heterocycles. The quantitative estimate of drug-likeness (QED) is 0.846. The van der Waals surface area contributed by atoms with Crippen LogP contribution in [-0.2, 0) is 4.79 Å². The largest absolute Gasteiger partial charge is 0.495 e. The molecule has 0 saturated carbocycles. The fourth-order valence-corrected chi connectivity index (χ4v) is 1.57. The summed E-state index contributed by atoms with van der Waals surface area (Å²) >= 11 is 5.98. The highest BCUT2D eigenvalue weighted by atomic mass is 35.5. The second-order valence-electron chi connectivity index (χ2n) is 3.42. The highest BCUT2D eigenvalue weighted by Gasteiger charge is 2.08. The van der Waals surface area contributed by atoms with Gasteiger partial charge in [0, 0.05) is 12.7 Å². The summed E-state index contributed by atoms with van der Waals surface area (Å²) in [6.45, 7) is 0.327. The van der Waals surface area contributed by atoms with Gasteiger partial charge in [0.1, 0.15) is 5.75 Å². The van der Waals surface area contributed by atoms with Gasteiger partial charge in [0.05, 0.1) is 25.2 Å². The average Bonchev–Trinajstić information content (AvgIpc) is 2.28. The van der Waals surface area contributed by atoms with Crippen molar-refractivity contribution in [3.63, 3.8) is 0 Å². The fraction of sp³-hybridized carbons (Fsp3) is 0.364. The van der Waals surface area contributed by atoms with E-state index in [2.05, 4.69) is 0 Å². The lowest BCUT2D eigenvalue weighted by atomic mass is 10.2. The number of halogens is 1. The van der Waals surface area contributed by atoms with Crippen LogP contribution < -0.4 is 15.4 Å². The van der Waals surface area contributed by atoms with Gasteiger partial charge in [0.15, 0.2) is 5.78 Å². The SMILES string of the molecule is COc1ccc(N(C)CC(=O)CN)cc1Cl. The number of rotatable bonds is 5. The Morgan fingerprint density at radius 3 is 2.75 bits per heavy atom. The summed E-state index contributed by atoms with van der Waals surface area (Å²) in [5, 5.41) is 0.520. The van der Waals surface area contributed by atoms with Crippen molar-refractivity contribution in [2.45, 2.75) is 0 Å². The van der Waals surface area contributed by atoms with Gasteiger partial charge in [-0.05, 0) is 18.2 Å². The van der Waals surface area contributed by atoms with E-state index < -0.39 is 0 Å². The Kier molecular flexibility index (Phi) is 4.58. The van der Waals surface area contributed by atoms with Gasteiger partial charge in [-0.3, -0.25) is 4.79 Å². The van der Waals surface area contributed by atoms with Crippen LogP contribution in [0.2, 0.25) is 5.02 Å². The molecule has 5 heteroatoms. The first-order valence-electron chi connectivity index (χ1n) is 4.85. The third-order valence-electron chi connectivity index (χ3n) is 2.22. The van der Waals surface area contributed by atoms with E-state index in [0.29, 0.717) is 10.8 Å². The monoisotopic (exact) mass is 242 g/mol. The maximum atomic E-state index is 11.2. The topological polar surface area (TPSA) is 55.6 Å². The molecule has 16 heavy (non-hydrogen) atoms. The molecule has 0 aliphatic rings. The Hall–Kier alpha value is -1.26. The standard InChI is InChI=1S/C11H15ClN2O2/c1-14(7-9(15)6-13)8-3-4-11(16-2)10(12)5-8/h3-5H,6-7,13H2,1-2H3. The number of hydrogen-bond donors (Lipinski definition) is 1. The first-order valence-corrected chi connectivity index (χ1v) is 5.22. The Balaban J connectivity index is 2.80. The summed E-state index contributed by atoms with van der Waals surface area (Å²) in [4.78, 5) is 13.0. The number of benzene rings is 1. The van der Waals surface area contributed by atoms with Crippen LogP contribution >= 0.6 is 11.6 Å². The summed E-state index contributed by atoms with van der Waals surface area (Å²) in [5.41, 5.74) is 6.11. The number of carbonyl (C=O) groups excluding carboxylic acids is 1. The third-order valence-corrected chi connectivity index (χ3v) is 2.51. The summed E-state index contributed by atoms with van der Waals surface area (Å²) in [6.07, 6.45) is 0. The first-order chi connectivity index (χ1) is 7.58. The number of hydrogen-bond acceptors (Lipinski definition) is 4. The molecule has 1 aromatic rings. The summed E-state index contributed by atoms with van der Waals surface area (Å²) in [6, 6.07) is 5.36. The lowest BCUT2D eigenvalue weighted by molar-refractivity contribution is -0.116. The number of methoxy groups -OCH3 is 1. The summed E-state index contributed by atoms with van der Waals surface area (Å²) in [7, 11) is 3.37. The van der Waals surface area contributed by atoms with E-state index in [1.807, 2.05) is 13.1 Å². The Morgan fingerprint density at radius 2 is 2.25 bits per heavy atom. The molecule has 2 N–H and O–H groups in total. The summed E-state index contributed by atoms with van der Waals surface area (Å²) in [5.74, 6) is 0.596. The van der Waals surface area contributed by atoms with Gasteiger partial charge in [-0.25, -0.2) is 0 Å². The molecule has 0 saturated heterocycles. The molecule has 0 aliphatic carbocycles. The first kappa shape index (κ1) is 12.8. The van der Waals surface area contributed by atoms with Crippen LogP contribution in [0.1, 0.15) is 0 Å². The molecular formula is C11H15ClN2O2. The Bertz CT molecular complexity index is 382. The van der Waals surface area contributed by atoms with Crippen molar-refractivity contribution in [2.75, 3.05) is 32.1 Å². The molecule has 0 radical (unpaired) electrons. The zero-order valence-corrected chi connectivity index (χ0v) is 10.1. The second kappa shape index (κ2) is 5.72. The predicted octanol–water partition coefficient (Wildman–Crippen LogP) is 1.31. The van der Waals surface area contributed by atoms with E-state index in [-0.39, 0.29) is 18.9 Å². The predicted molar refractivity (Wildman–Crippen MR) is 65.3 cm³/mol. The molecule has 0 spiro atoms. The van der Waals surface area contributed by atoms with Crippen LogP contribution in [0.4, 0.5) is 5.69 Å². The van der Waals surface area contributed by atoms with Crippen LogP contribution in [0.5, 0.6) is 5.75 Å². The second-order valence-corrected chi connectivity index (χ2v) is 3.82. The zero-order chi connectivity index (χ0) is 12.1. The molecule has 0 amide bonds. The van der Waals surface area contributed by atoms with Gasteiger partial charge >= 0.3 is 0 Å². The number of nitrogens with zero attached hydrogens (tertiary/aromatic N) is 1. The van der Waals surface area contributed by atoms with E-state index in [0.717, 1.165) is 5.69 Å². The number of Topliss-reactive ketones (excluding diaryl/α,β-unsaturated/α-hetero) is 1. The van der Waals surface area contributed by atoms with Gasteiger partial charge in [-0.15, -0.1) is 0 Å². The van der Waals surface area contributed by atoms with Crippen molar-refractivity contribution in [3.05, 3.63) is 23.2 Å². The van der Waals surface area contributed by atoms with Crippen LogP contribution in [0, 0.1) is 0 Å². The third kappa shape index (κ3) is 3.12. The molecular weight excluding hydrogens is 228 g/mol. The number of ketones is 1. The number of ether oxygens (including phenoxy) is 1. The van der Waals surface area contributed by atoms with Crippen molar-refractivity contribution in [3.8, 4) is 5.75 Å². The Morgan fingerprint density at radius 1 is 1.56 bits per heavy atom. The minimum Gasteiger partial charge on any atom is -0.495 e. The molecule has 0 atom stereocenters. The molecule has 0 aromatic heterocycles. The highest BCUT2D eigenvalue weighted by Crippen LogP contribution is 2.28. The molecule has 88 valence electrons. The van der Waals surface area contributed by atoms with Gasteiger partial charge in [0.25, 0.3) is 0 Å². The number of anilines is 1. The highest BCUT2D eigenvalue weighted by molar-refractivity contribution is 6.32. The normalized spacial score (nSPS) is 10.0. The minimum atomic E-state index is -0.0190. The van der Waals surface area contributed by atoms with Crippen molar-refractivity contribution >= 4 is 23.1 Å². The van der Waals surface area contributed by atoms with Gasteiger partial charge < -0.3 is 15.4 Å². The maximum Gasteiger partial charge on any atom is 0.165 e. The molecule has 1 aromatic carbocycles. The van der Waals surface area contributed by atoms with E-state index >= 15 is 0 Å². The van der Waals surface area contributed by atoms with Crippen molar-refractivity contribution in [2.24, 2.45) is 5.73 Å². The summed E-state index contributed by atoms with van der Waals surface area (Å²) < 4.78 is 5.04. The smallest absolute Gasteiger partial charge is 0.165 e. The lowest BCUT2D eigenvalue weighted by Gasteiger charge is -2.18. The van der Waals surface area contributed by atoms with Crippen molar-refractivity contribution in [1.29, 1.82) is 0 Å². The Labute approximate surface area is 99.9 Å². The van der Waals surface area contributed by atoms with Crippen molar-refractivity contribution < 1.29 is 9.53 Å². The molecule has 0 bridgehead atoms. The van der Waals surface area contributed by atoms with Crippen LogP contribution in [-0.4, -0.2) is 33.0 Å². The average molecular weight is 243 g/mol. The fourth-order valence-electron chi connectivity index (χ4n) is 1.31. The minimum absolute atomic E-state index is 0.0190. The van der Waals surface area contributed by atoms with Gasteiger partial charge in [0.2, 0.25) is 0 Å². The molecule has 0 unspecified atom stereocenters. The van der Waals surface area contributed by atoms with Crippen molar-refractivity contribution in [1.82, 2.24) is 0 Å². The maximum absolute atomic E-state index is 11.2. The van der Waals surface area contributed by atoms with E-state index in [4.69, 9.17) is 22.1 Å². The zero-order valence-electron chi connectivity index (χ0n) is 9.37.